The van der Waals surface area contributed by atoms with Crippen LogP contribution < -0.4 is 0 Å². The first kappa shape index (κ1) is 13.1. The number of esters is 1. The maximum Gasteiger partial charge on any atom is 0.338 e. The largest absolute Gasteiger partial charge is 0.465 e. The van der Waals surface area contributed by atoms with Gasteiger partial charge in [0.15, 0.2) is 5.82 Å². The molecule has 0 aliphatic carbocycles. The van der Waals surface area contributed by atoms with Crippen LogP contribution in [0, 0.1) is 0 Å². The van der Waals surface area contributed by atoms with E-state index in [-0.39, 0.29) is 0 Å². The van der Waals surface area contributed by atoms with Crippen molar-refractivity contribution in [3.8, 4) is 16.9 Å². The number of ether oxygens (including phenoxy) is 1. The lowest BCUT2D eigenvalue weighted by atomic mass is 10.1. The minimum absolute atomic E-state index is 0.394. The summed E-state index contributed by atoms with van der Waals surface area (Å²) in [5, 5.41) is 4.29. The molecular formula is C16H13N3O2. The highest BCUT2D eigenvalue weighted by Crippen LogP contribution is 2.19. The van der Waals surface area contributed by atoms with Crippen molar-refractivity contribution in [3.63, 3.8) is 0 Å². The van der Waals surface area contributed by atoms with Crippen LogP contribution in [0.15, 0.2) is 61.1 Å². The van der Waals surface area contributed by atoms with Crippen molar-refractivity contribution < 1.29 is 9.53 Å². The maximum atomic E-state index is 11.5. The van der Waals surface area contributed by atoms with Crippen molar-refractivity contribution >= 4 is 5.97 Å². The van der Waals surface area contributed by atoms with Gasteiger partial charge in [-0.1, -0.05) is 30.3 Å². The Morgan fingerprint density at radius 2 is 1.95 bits per heavy atom. The van der Waals surface area contributed by atoms with Crippen molar-refractivity contribution in [1.29, 1.82) is 0 Å². The molecule has 0 spiro atoms. The number of pyridine rings is 1. The van der Waals surface area contributed by atoms with Gasteiger partial charge in [-0.3, -0.25) is 0 Å². The van der Waals surface area contributed by atoms with Crippen molar-refractivity contribution in [3.05, 3.63) is 66.6 Å². The quantitative estimate of drug-likeness (QED) is 0.692. The normalized spacial score (nSPS) is 10.3. The van der Waals surface area contributed by atoms with Gasteiger partial charge in [-0.15, -0.1) is 0 Å². The lowest BCUT2D eigenvalue weighted by Gasteiger charge is -2.02. The van der Waals surface area contributed by atoms with Gasteiger partial charge in [-0.05, 0) is 17.7 Å². The van der Waals surface area contributed by atoms with E-state index in [4.69, 9.17) is 4.74 Å². The molecule has 3 rings (SSSR count). The molecule has 0 saturated heterocycles. The molecule has 5 nitrogen and oxygen atoms in total. The predicted octanol–water partition coefficient (Wildman–Crippen LogP) is 2.72. The second-order valence-corrected chi connectivity index (χ2v) is 4.43. The molecule has 21 heavy (non-hydrogen) atoms. The van der Waals surface area contributed by atoms with Crippen molar-refractivity contribution in [1.82, 2.24) is 14.8 Å². The molecule has 0 fully saturated rings. The lowest BCUT2D eigenvalue weighted by Crippen LogP contribution is -2.04. The standard InChI is InChI=1S/C16H13N3O2/c1-21-16(20)13-7-8-17-15(9-13)19-11-14(10-18-19)12-5-3-2-4-6-12/h2-11H,1H3. The third-order valence-electron chi connectivity index (χ3n) is 3.09. The Morgan fingerprint density at radius 3 is 2.71 bits per heavy atom. The molecule has 0 atom stereocenters. The van der Waals surface area contributed by atoms with Gasteiger partial charge in [0.1, 0.15) is 0 Å². The average molecular weight is 279 g/mol. The molecule has 5 heteroatoms. The van der Waals surface area contributed by atoms with Crippen LogP contribution in [0.1, 0.15) is 10.4 Å². The summed E-state index contributed by atoms with van der Waals surface area (Å²) < 4.78 is 6.34. The van der Waals surface area contributed by atoms with Gasteiger partial charge in [-0.25, -0.2) is 14.5 Å². The summed E-state index contributed by atoms with van der Waals surface area (Å²) in [4.78, 5) is 15.8. The Labute approximate surface area is 121 Å². The molecule has 0 aliphatic rings. The van der Waals surface area contributed by atoms with Crippen LogP contribution in [-0.2, 0) is 4.74 Å². The zero-order valence-corrected chi connectivity index (χ0v) is 11.4. The number of hydrogen-bond acceptors (Lipinski definition) is 4. The van der Waals surface area contributed by atoms with Gasteiger partial charge in [0.2, 0.25) is 0 Å². The minimum Gasteiger partial charge on any atom is -0.465 e. The Hall–Kier alpha value is -2.95. The van der Waals surface area contributed by atoms with E-state index < -0.39 is 5.97 Å². The van der Waals surface area contributed by atoms with E-state index in [0.717, 1.165) is 11.1 Å². The van der Waals surface area contributed by atoms with E-state index in [1.165, 1.54) is 7.11 Å². The van der Waals surface area contributed by atoms with E-state index >= 15 is 0 Å². The summed E-state index contributed by atoms with van der Waals surface area (Å²) in [6.07, 6.45) is 5.20. The minimum atomic E-state index is -0.394. The first-order valence-corrected chi connectivity index (χ1v) is 6.43. The summed E-state index contributed by atoms with van der Waals surface area (Å²) in [5.74, 6) is 0.175. The number of rotatable bonds is 3. The number of nitrogens with zero attached hydrogens (tertiary/aromatic N) is 3. The number of aromatic nitrogens is 3. The first-order valence-electron chi connectivity index (χ1n) is 6.43. The van der Waals surface area contributed by atoms with E-state index in [0.29, 0.717) is 11.4 Å². The lowest BCUT2D eigenvalue weighted by molar-refractivity contribution is 0.0600. The van der Waals surface area contributed by atoms with Crippen LogP contribution in [0.5, 0.6) is 0 Å². The highest BCUT2D eigenvalue weighted by atomic mass is 16.5. The Balaban J connectivity index is 1.95. The van der Waals surface area contributed by atoms with Crippen molar-refractivity contribution in [2.75, 3.05) is 7.11 Å². The third-order valence-corrected chi connectivity index (χ3v) is 3.09. The number of carbonyl (C=O) groups is 1. The molecule has 104 valence electrons. The molecule has 0 radical (unpaired) electrons. The maximum absolute atomic E-state index is 11.5. The van der Waals surface area contributed by atoms with Crippen LogP contribution >= 0.6 is 0 Å². The Morgan fingerprint density at radius 1 is 1.14 bits per heavy atom. The molecule has 0 unspecified atom stereocenters. The number of carbonyl (C=O) groups excluding carboxylic acids is 1. The predicted molar refractivity (Wildman–Crippen MR) is 78.1 cm³/mol. The molecule has 2 heterocycles. The average Bonchev–Trinajstić information content (AvgIpc) is 3.05. The van der Waals surface area contributed by atoms with Gasteiger partial charge >= 0.3 is 5.97 Å². The second-order valence-electron chi connectivity index (χ2n) is 4.43. The third kappa shape index (κ3) is 2.67. The summed E-state index contributed by atoms with van der Waals surface area (Å²) >= 11 is 0. The first-order chi connectivity index (χ1) is 10.3. The van der Waals surface area contributed by atoms with Gasteiger partial charge in [0.05, 0.1) is 18.9 Å². The number of methoxy groups -OCH3 is 1. The number of hydrogen-bond donors (Lipinski definition) is 0. The molecule has 0 saturated carbocycles. The van der Waals surface area contributed by atoms with Crippen LogP contribution in [0.3, 0.4) is 0 Å². The summed E-state index contributed by atoms with van der Waals surface area (Å²) in [7, 11) is 1.35. The fourth-order valence-electron chi connectivity index (χ4n) is 2.02. The topological polar surface area (TPSA) is 57.0 Å². The van der Waals surface area contributed by atoms with Crippen LogP contribution in [0.2, 0.25) is 0 Å². The summed E-state index contributed by atoms with van der Waals surface area (Å²) in [5.41, 5.74) is 2.51. The second kappa shape index (κ2) is 5.58. The molecule has 2 aromatic heterocycles. The van der Waals surface area contributed by atoms with Gasteiger partial charge in [0, 0.05) is 18.0 Å². The zero-order valence-electron chi connectivity index (χ0n) is 11.4. The monoisotopic (exact) mass is 279 g/mol. The molecular weight excluding hydrogens is 266 g/mol. The molecule has 1 aromatic carbocycles. The SMILES string of the molecule is COC(=O)c1ccnc(-n2cc(-c3ccccc3)cn2)c1. The van der Waals surface area contributed by atoms with E-state index in [2.05, 4.69) is 10.1 Å². The van der Waals surface area contributed by atoms with Crippen molar-refractivity contribution in [2.45, 2.75) is 0 Å². The fourth-order valence-corrected chi connectivity index (χ4v) is 2.02. The highest BCUT2D eigenvalue weighted by Gasteiger charge is 2.09. The smallest absolute Gasteiger partial charge is 0.338 e. The number of benzene rings is 1. The molecule has 0 amide bonds. The van der Waals surface area contributed by atoms with Crippen LogP contribution in [0.25, 0.3) is 16.9 Å². The highest BCUT2D eigenvalue weighted by molar-refractivity contribution is 5.89. The Kier molecular flexibility index (Phi) is 3.47. The van der Waals surface area contributed by atoms with E-state index in [1.54, 1.807) is 29.2 Å². The molecule has 3 aromatic rings. The fraction of sp³-hybridized carbons (Fsp3) is 0.0625. The van der Waals surface area contributed by atoms with Crippen molar-refractivity contribution in [2.24, 2.45) is 0 Å². The zero-order chi connectivity index (χ0) is 14.7. The summed E-state index contributed by atoms with van der Waals surface area (Å²) in [6, 6.07) is 13.2. The van der Waals surface area contributed by atoms with E-state index in [9.17, 15) is 4.79 Å². The molecule has 0 N–H and O–H groups in total. The summed E-state index contributed by atoms with van der Waals surface area (Å²) in [6.45, 7) is 0. The van der Waals surface area contributed by atoms with Gasteiger partial charge in [-0.2, -0.15) is 5.10 Å². The van der Waals surface area contributed by atoms with E-state index in [1.807, 2.05) is 36.5 Å². The molecule has 0 bridgehead atoms. The van der Waals surface area contributed by atoms with Gasteiger partial charge in [0.25, 0.3) is 0 Å². The van der Waals surface area contributed by atoms with Crippen LogP contribution in [-0.4, -0.2) is 27.8 Å². The Bertz CT molecular complexity index is 766. The molecule has 0 aliphatic heterocycles. The van der Waals surface area contributed by atoms with Gasteiger partial charge < -0.3 is 4.74 Å². The van der Waals surface area contributed by atoms with Crippen LogP contribution in [0.4, 0.5) is 0 Å².